The standard InChI is InChI=1S/C19H29NO/c1-14-7-6-8-15(11-14)13-20-17-12-19(2,3)21-18-10-5-4-9-16(17)18/h4-5,9-10,14-15,17,20H,6-8,11-13H2,1-3H3. The van der Waals surface area contributed by atoms with Crippen LogP contribution in [0.2, 0.25) is 0 Å². The molecule has 21 heavy (non-hydrogen) atoms. The number of ether oxygens (including phenoxy) is 1. The third-order valence-corrected chi connectivity index (χ3v) is 5.07. The smallest absolute Gasteiger partial charge is 0.124 e. The maximum Gasteiger partial charge on any atom is 0.124 e. The summed E-state index contributed by atoms with van der Waals surface area (Å²) in [5.74, 6) is 2.82. The van der Waals surface area contributed by atoms with Crippen molar-refractivity contribution in [3.8, 4) is 5.75 Å². The molecule has 0 radical (unpaired) electrons. The van der Waals surface area contributed by atoms with Gasteiger partial charge in [0.15, 0.2) is 0 Å². The minimum Gasteiger partial charge on any atom is -0.487 e. The van der Waals surface area contributed by atoms with Crippen molar-refractivity contribution in [2.45, 2.75) is 64.5 Å². The summed E-state index contributed by atoms with van der Waals surface area (Å²) in [6.07, 6.45) is 6.66. The second-order valence-electron chi connectivity index (χ2n) is 7.70. The number of para-hydroxylation sites is 1. The van der Waals surface area contributed by atoms with E-state index in [1.54, 1.807) is 0 Å². The monoisotopic (exact) mass is 287 g/mol. The van der Waals surface area contributed by atoms with Crippen LogP contribution in [0.25, 0.3) is 0 Å². The van der Waals surface area contributed by atoms with Gasteiger partial charge in [0.2, 0.25) is 0 Å². The molecule has 3 unspecified atom stereocenters. The van der Waals surface area contributed by atoms with Gasteiger partial charge in [0, 0.05) is 18.0 Å². The molecule has 2 nitrogen and oxygen atoms in total. The molecule has 1 saturated carbocycles. The van der Waals surface area contributed by atoms with Gasteiger partial charge < -0.3 is 10.1 Å². The van der Waals surface area contributed by atoms with E-state index in [0.717, 1.165) is 30.6 Å². The molecule has 0 saturated heterocycles. The fourth-order valence-electron chi connectivity index (χ4n) is 4.04. The molecular weight excluding hydrogens is 258 g/mol. The Bertz CT molecular complexity index is 482. The Kier molecular flexibility index (Phi) is 4.26. The molecule has 1 aliphatic carbocycles. The van der Waals surface area contributed by atoms with Gasteiger partial charge in [-0.1, -0.05) is 38.0 Å². The molecule has 1 aromatic rings. The molecule has 3 rings (SSSR count). The Morgan fingerprint density at radius 2 is 2.05 bits per heavy atom. The topological polar surface area (TPSA) is 21.3 Å². The predicted octanol–water partition coefficient (Wildman–Crippen LogP) is 4.70. The van der Waals surface area contributed by atoms with Gasteiger partial charge in [-0.15, -0.1) is 0 Å². The van der Waals surface area contributed by atoms with Gasteiger partial charge in [0.25, 0.3) is 0 Å². The second kappa shape index (κ2) is 6.00. The van der Waals surface area contributed by atoms with Crippen LogP contribution in [-0.2, 0) is 0 Å². The zero-order valence-corrected chi connectivity index (χ0v) is 13.7. The van der Waals surface area contributed by atoms with Gasteiger partial charge in [0.1, 0.15) is 11.4 Å². The maximum atomic E-state index is 6.12. The van der Waals surface area contributed by atoms with Crippen LogP contribution in [0.4, 0.5) is 0 Å². The van der Waals surface area contributed by atoms with Gasteiger partial charge in [0.05, 0.1) is 0 Å². The second-order valence-corrected chi connectivity index (χ2v) is 7.70. The Labute approximate surface area is 129 Å². The molecule has 1 N–H and O–H groups in total. The molecule has 3 atom stereocenters. The summed E-state index contributed by atoms with van der Waals surface area (Å²) in [6.45, 7) is 7.94. The maximum absolute atomic E-state index is 6.12. The molecule has 2 aliphatic rings. The van der Waals surface area contributed by atoms with Gasteiger partial charge in [-0.05, 0) is 51.1 Å². The summed E-state index contributed by atoms with van der Waals surface area (Å²) < 4.78 is 6.12. The van der Waals surface area contributed by atoms with E-state index in [4.69, 9.17) is 4.74 Å². The summed E-state index contributed by atoms with van der Waals surface area (Å²) in [4.78, 5) is 0. The number of hydrogen-bond donors (Lipinski definition) is 1. The Hall–Kier alpha value is -1.02. The molecule has 1 heterocycles. The molecule has 2 heteroatoms. The van der Waals surface area contributed by atoms with Crippen molar-refractivity contribution in [1.82, 2.24) is 5.32 Å². The van der Waals surface area contributed by atoms with Crippen molar-refractivity contribution in [2.24, 2.45) is 11.8 Å². The lowest BCUT2D eigenvalue weighted by atomic mass is 9.82. The number of rotatable bonds is 3. The lowest BCUT2D eigenvalue weighted by Gasteiger charge is -2.39. The summed E-state index contributed by atoms with van der Waals surface area (Å²) in [6, 6.07) is 8.94. The molecule has 116 valence electrons. The summed E-state index contributed by atoms with van der Waals surface area (Å²) in [5, 5.41) is 3.84. The van der Waals surface area contributed by atoms with Gasteiger partial charge in [-0.3, -0.25) is 0 Å². The molecule has 0 bridgehead atoms. The summed E-state index contributed by atoms with van der Waals surface area (Å²) in [7, 11) is 0. The predicted molar refractivity (Wildman–Crippen MR) is 87.6 cm³/mol. The third kappa shape index (κ3) is 3.60. The first-order chi connectivity index (χ1) is 10.0. The fourth-order valence-corrected chi connectivity index (χ4v) is 4.04. The molecule has 0 aromatic heterocycles. The van der Waals surface area contributed by atoms with E-state index in [-0.39, 0.29) is 5.60 Å². The van der Waals surface area contributed by atoms with E-state index in [0.29, 0.717) is 6.04 Å². The van der Waals surface area contributed by atoms with Crippen LogP contribution >= 0.6 is 0 Å². The quantitative estimate of drug-likeness (QED) is 0.869. The minimum absolute atomic E-state index is 0.0775. The highest BCUT2D eigenvalue weighted by Crippen LogP contribution is 2.39. The Balaban J connectivity index is 1.67. The van der Waals surface area contributed by atoms with Gasteiger partial charge in [-0.25, -0.2) is 0 Å². The van der Waals surface area contributed by atoms with Crippen LogP contribution in [0.5, 0.6) is 5.75 Å². The molecular formula is C19H29NO. The van der Waals surface area contributed by atoms with Crippen LogP contribution in [0.3, 0.4) is 0 Å². The highest BCUT2D eigenvalue weighted by molar-refractivity contribution is 5.38. The first-order valence-corrected chi connectivity index (χ1v) is 8.55. The third-order valence-electron chi connectivity index (χ3n) is 5.07. The minimum atomic E-state index is -0.0775. The van der Waals surface area contributed by atoms with Crippen LogP contribution < -0.4 is 10.1 Å². The van der Waals surface area contributed by atoms with Crippen molar-refractivity contribution >= 4 is 0 Å². The van der Waals surface area contributed by atoms with E-state index in [9.17, 15) is 0 Å². The molecule has 1 aliphatic heterocycles. The molecule has 1 fully saturated rings. The van der Waals surface area contributed by atoms with Crippen molar-refractivity contribution < 1.29 is 4.74 Å². The Morgan fingerprint density at radius 1 is 1.24 bits per heavy atom. The number of benzene rings is 1. The Morgan fingerprint density at radius 3 is 2.86 bits per heavy atom. The zero-order chi connectivity index (χ0) is 14.9. The van der Waals surface area contributed by atoms with Crippen LogP contribution in [0.1, 0.15) is 64.5 Å². The molecule has 0 spiro atoms. The lowest BCUT2D eigenvalue weighted by Crippen LogP contribution is -2.41. The fraction of sp³-hybridized carbons (Fsp3) is 0.684. The van der Waals surface area contributed by atoms with E-state index in [2.05, 4.69) is 50.4 Å². The van der Waals surface area contributed by atoms with E-state index < -0.39 is 0 Å². The van der Waals surface area contributed by atoms with Crippen molar-refractivity contribution in [3.63, 3.8) is 0 Å². The van der Waals surface area contributed by atoms with Crippen LogP contribution in [-0.4, -0.2) is 12.1 Å². The summed E-state index contributed by atoms with van der Waals surface area (Å²) >= 11 is 0. The lowest BCUT2D eigenvalue weighted by molar-refractivity contribution is 0.0645. The normalized spacial score (nSPS) is 31.3. The van der Waals surface area contributed by atoms with E-state index >= 15 is 0 Å². The van der Waals surface area contributed by atoms with E-state index in [1.807, 2.05) is 0 Å². The van der Waals surface area contributed by atoms with E-state index in [1.165, 1.54) is 31.2 Å². The van der Waals surface area contributed by atoms with Crippen LogP contribution in [0, 0.1) is 11.8 Å². The zero-order valence-electron chi connectivity index (χ0n) is 13.7. The molecule has 0 amide bonds. The first kappa shape index (κ1) is 14.9. The van der Waals surface area contributed by atoms with Crippen molar-refractivity contribution in [1.29, 1.82) is 0 Å². The van der Waals surface area contributed by atoms with Crippen LogP contribution in [0.15, 0.2) is 24.3 Å². The number of hydrogen-bond acceptors (Lipinski definition) is 2. The highest BCUT2D eigenvalue weighted by atomic mass is 16.5. The average molecular weight is 287 g/mol. The van der Waals surface area contributed by atoms with Gasteiger partial charge in [-0.2, -0.15) is 0 Å². The number of nitrogens with one attached hydrogen (secondary N) is 1. The largest absolute Gasteiger partial charge is 0.487 e. The average Bonchev–Trinajstić information content (AvgIpc) is 2.44. The SMILES string of the molecule is CC1CCCC(CNC2CC(C)(C)Oc3ccccc32)C1. The van der Waals surface area contributed by atoms with Gasteiger partial charge >= 0.3 is 0 Å². The highest BCUT2D eigenvalue weighted by Gasteiger charge is 2.33. The first-order valence-electron chi connectivity index (χ1n) is 8.55. The van der Waals surface area contributed by atoms with Crippen molar-refractivity contribution in [3.05, 3.63) is 29.8 Å². The number of fused-ring (bicyclic) bond motifs is 1. The van der Waals surface area contributed by atoms with Crippen molar-refractivity contribution in [2.75, 3.05) is 6.54 Å². The summed E-state index contributed by atoms with van der Waals surface area (Å²) in [5.41, 5.74) is 1.26. The molecule has 1 aromatic carbocycles.